The minimum Gasteiger partial charge on any atom is -0.496 e. The Balaban J connectivity index is 1.36. The highest BCUT2D eigenvalue weighted by atomic mass is 35.5. The number of ether oxygens (including phenoxy) is 2. The normalized spacial score (nSPS) is 13.7. The van der Waals surface area contributed by atoms with Crippen molar-refractivity contribution in [2.75, 3.05) is 33.9 Å². The Kier molecular flexibility index (Phi) is 11.5. The van der Waals surface area contributed by atoms with E-state index in [1.165, 1.54) is 13.3 Å². The zero-order valence-electron chi connectivity index (χ0n) is 29.2. The molecule has 4 aromatic rings. The number of benzene rings is 2. The van der Waals surface area contributed by atoms with Crippen LogP contribution < -0.4 is 9.47 Å². The molecule has 49 heavy (non-hydrogen) atoms. The van der Waals surface area contributed by atoms with E-state index in [9.17, 15) is 9.90 Å². The van der Waals surface area contributed by atoms with E-state index in [1.807, 2.05) is 36.4 Å². The minimum atomic E-state index is -1.84. The van der Waals surface area contributed by atoms with E-state index >= 15 is 0 Å². The topological polar surface area (TPSA) is 107 Å². The van der Waals surface area contributed by atoms with Crippen LogP contribution in [0.15, 0.2) is 48.7 Å². The predicted molar refractivity (Wildman–Crippen MR) is 196 cm³/mol. The van der Waals surface area contributed by atoms with E-state index in [2.05, 4.69) is 48.7 Å². The third-order valence-electron chi connectivity index (χ3n) is 9.55. The molecule has 0 unspecified atom stereocenters. The van der Waals surface area contributed by atoms with E-state index in [4.69, 9.17) is 42.1 Å². The molecule has 0 radical (unpaired) electrons. The van der Waals surface area contributed by atoms with Gasteiger partial charge in [0.15, 0.2) is 14.1 Å². The maximum absolute atomic E-state index is 13.8. The first kappa shape index (κ1) is 36.9. The summed E-state index contributed by atoms with van der Waals surface area (Å²) in [5, 5.41) is 10.5. The highest BCUT2D eigenvalue weighted by Gasteiger charge is 2.37. The van der Waals surface area contributed by atoms with Crippen LogP contribution in [0.2, 0.25) is 28.2 Å². The van der Waals surface area contributed by atoms with Crippen molar-refractivity contribution in [3.63, 3.8) is 0 Å². The predicted octanol–water partition coefficient (Wildman–Crippen LogP) is 7.83. The van der Waals surface area contributed by atoms with Crippen LogP contribution in [-0.4, -0.2) is 73.0 Å². The van der Waals surface area contributed by atoms with E-state index in [0.717, 1.165) is 30.8 Å². The molecule has 0 bridgehead atoms. The molecule has 12 heteroatoms. The molecule has 3 heterocycles. The molecule has 0 spiro atoms. The molecule has 9 nitrogen and oxygen atoms in total. The minimum absolute atomic E-state index is 0.0499. The van der Waals surface area contributed by atoms with Crippen molar-refractivity contribution in [1.29, 1.82) is 0 Å². The van der Waals surface area contributed by atoms with Gasteiger partial charge in [0.1, 0.15) is 17.1 Å². The highest BCUT2D eigenvalue weighted by Crippen LogP contribution is 2.41. The number of aliphatic hydroxyl groups is 1. The fourth-order valence-corrected chi connectivity index (χ4v) is 7.30. The number of carbonyl (C=O) groups excluding carboxylic acids is 1. The van der Waals surface area contributed by atoms with Crippen molar-refractivity contribution in [1.82, 2.24) is 19.9 Å². The molecule has 2 aromatic heterocycles. The third kappa shape index (κ3) is 8.00. The summed E-state index contributed by atoms with van der Waals surface area (Å²) < 4.78 is 17.5. The summed E-state index contributed by atoms with van der Waals surface area (Å²) in [7, 11) is 1.26. The number of halogens is 2. The molecule has 1 N–H and O–H groups in total. The summed E-state index contributed by atoms with van der Waals surface area (Å²) >= 11 is 13.9. The fraction of sp³-hybridized carbons (Fsp3) is 0.405. The summed E-state index contributed by atoms with van der Waals surface area (Å²) in [5.74, 6) is 0.737. The number of ketones is 1. The summed E-state index contributed by atoms with van der Waals surface area (Å²) in [6.45, 7) is 13.9. The van der Waals surface area contributed by atoms with Crippen molar-refractivity contribution in [2.45, 2.75) is 64.9 Å². The zero-order valence-corrected chi connectivity index (χ0v) is 31.7. The lowest BCUT2D eigenvalue weighted by atomic mass is 9.97. The van der Waals surface area contributed by atoms with Crippen molar-refractivity contribution in [3.8, 4) is 34.0 Å². The second kappa shape index (κ2) is 15.2. The van der Waals surface area contributed by atoms with Crippen LogP contribution in [0.5, 0.6) is 11.6 Å². The average Bonchev–Trinajstić information content (AvgIpc) is 3.07. The molecule has 0 fully saturated rings. The Morgan fingerprint density at radius 2 is 1.69 bits per heavy atom. The molecule has 1 aliphatic heterocycles. The van der Waals surface area contributed by atoms with Crippen molar-refractivity contribution in [3.05, 3.63) is 86.9 Å². The van der Waals surface area contributed by atoms with E-state index in [-0.39, 0.29) is 29.7 Å². The number of rotatable bonds is 12. The Morgan fingerprint density at radius 3 is 2.37 bits per heavy atom. The van der Waals surface area contributed by atoms with Gasteiger partial charge in [0.25, 0.3) is 0 Å². The quantitative estimate of drug-likeness (QED) is 0.116. The van der Waals surface area contributed by atoms with Gasteiger partial charge in [-0.25, -0.2) is 9.97 Å². The van der Waals surface area contributed by atoms with Crippen molar-refractivity contribution in [2.24, 2.45) is 0 Å². The first-order chi connectivity index (χ1) is 23.3. The molecular weight excluding hydrogens is 679 g/mol. The summed E-state index contributed by atoms with van der Waals surface area (Å²) in [4.78, 5) is 29.7. The second-order valence-corrected chi connectivity index (χ2v) is 19.3. The molecule has 0 amide bonds. The van der Waals surface area contributed by atoms with Gasteiger partial charge in [-0.1, -0.05) is 80.4 Å². The first-order valence-corrected chi connectivity index (χ1v) is 20.0. The number of carbonyl (C=O) groups is 1. The number of nitrogens with zero attached hydrogens (tertiary/aromatic N) is 4. The maximum atomic E-state index is 13.8. The second-order valence-electron chi connectivity index (χ2n) is 13.7. The highest BCUT2D eigenvalue weighted by molar-refractivity contribution is 6.74. The Morgan fingerprint density at radius 1 is 1.00 bits per heavy atom. The van der Waals surface area contributed by atoms with Gasteiger partial charge in [-0.3, -0.25) is 14.7 Å². The van der Waals surface area contributed by atoms with E-state index in [1.54, 1.807) is 13.2 Å². The van der Waals surface area contributed by atoms with Gasteiger partial charge in [0, 0.05) is 61.0 Å². The number of hydrogen-bond acceptors (Lipinski definition) is 9. The molecule has 1 aliphatic rings. The summed E-state index contributed by atoms with van der Waals surface area (Å²) in [5.41, 5.74) is 5.69. The van der Waals surface area contributed by atoms with Crippen LogP contribution in [0, 0.1) is 0 Å². The number of pyridine rings is 1. The van der Waals surface area contributed by atoms with Gasteiger partial charge < -0.3 is 19.0 Å². The van der Waals surface area contributed by atoms with Crippen LogP contribution in [0.25, 0.3) is 22.4 Å². The average molecular weight is 724 g/mol. The zero-order chi connectivity index (χ0) is 35.5. The Hall–Kier alpha value is -3.38. The standard InChI is InChI=1S/C37H44Cl2N4O5Si/c1-37(2,3)49(6,7)48-17-16-43-15-14-26-30(21-43)41-28(19-33(26)46-4)32(45)18-23-10-8-11-24(34(23)38)25-12-9-13-27(35(25)39)29-20-40-31(22-44)36(42-29)47-5/h8-13,19-20,44H,14-18,21-22H2,1-7H3. The van der Waals surface area contributed by atoms with Crippen molar-refractivity contribution < 1.29 is 23.8 Å². The number of hydrogen-bond donors (Lipinski definition) is 1. The van der Waals surface area contributed by atoms with Gasteiger partial charge in [-0.15, -0.1) is 0 Å². The monoisotopic (exact) mass is 722 g/mol. The van der Waals surface area contributed by atoms with E-state index in [0.29, 0.717) is 68.3 Å². The summed E-state index contributed by atoms with van der Waals surface area (Å²) in [6, 6.07) is 12.8. The van der Waals surface area contributed by atoms with Gasteiger partial charge in [0.05, 0.1) is 48.5 Å². The number of aromatic nitrogens is 3. The first-order valence-electron chi connectivity index (χ1n) is 16.3. The Bertz CT molecular complexity index is 1850. The number of aliphatic hydroxyl groups excluding tert-OH is 1. The van der Waals surface area contributed by atoms with Gasteiger partial charge in [0.2, 0.25) is 5.88 Å². The van der Waals surface area contributed by atoms with Crippen LogP contribution in [0.4, 0.5) is 0 Å². The van der Waals surface area contributed by atoms with Crippen LogP contribution in [0.3, 0.4) is 0 Å². The smallest absolute Gasteiger partial charge is 0.238 e. The van der Waals surface area contributed by atoms with Gasteiger partial charge in [-0.2, -0.15) is 0 Å². The van der Waals surface area contributed by atoms with Crippen molar-refractivity contribution >= 4 is 37.3 Å². The van der Waals surface area contributed by atoms with E-state index < -0.39 is 8.32 Å². The molecule has 5 rings (SSSR count). The van der Waals surface area contributed by atoms with Gasteiger partial charge in [-0.05, 0) is 30.1 Å². The lowest BCUT2D eigenvalue weighted by molar-refractivity contribution is 0.0986. The number of Topliss-reactive ketones (excluding diaryl/α,β-unsaturated/α-hetero) is 1. The molecule has 0 aliphatic carbocycles. The third-order valence-corrected chi connectivity index (χ3v) is 14.9. The SMILES string of the molecule is COc1cc(C(=O)Cc2cccc(-c3cccc(-c4cnc(CO)c(OC)n4)c3Cl)c2Cl)nc2c1CCN(CCO[Si](C)(C)C(C)(C)C)C2. The number of fused-ring (bicyclic) bond motifs is 1. The Labute approximate surface area is 299 Å². The van der Waals surface area contributed by atoms with Crippen LogP contribution in [-0.2, 0) is 30.4 Å². The molecular formula is C37H44Cl2N4O5Si. The maximum Gasteiger partial charge on any atom is 0.238 e. The van der Waals surface area contributed by atoms with Gasteiger partial charge >= 0.3 is 0 Å². The largest absolute Gasteiger partial charge is 0.496 e. The molecule has 0 atom stereocenters. The van der Waals surface area contributed by atoms with Crippen LogP contribution in [0.1, 0.15) is 53.8 Å². The fourth-order valence-electron chi connectivity index (χ4n) is 5.64. The molecule has 2 aromatic carbocycles. The summed E-state index contributed by atoms with van der Waals surface area (Å²) in [6.07, 6.45) is 2.38. The molecule has 260 valence electrons. The number of methoxy groups -OCH3 is 2. The van der Waals surface area contributed by atoms with Crippen LogP contribution >= 0.6 is 23.2 Å². The molecule has 0 saturated heterocycles. The lowest BCUT2D eigenvalue weighted by Crippen LogP contribution is -2.43. The lowest BCUT2D eigenvalue weighted by Gasteiger charge is -2.37. The molecule has 0 saturated carbocycles.